The largest absolute Gasteiger partial charge is 0.514 e. The fourth-order valence-corrected chi connectivity index (χ4v) is 1.16. The number of fused-ring (bicyclic) bond motifs is 1. The van der Waals surface area contributed by atoms with Crippen LogP contribution in [0.4, 0.5) is 4.79 Å². The number of hydrogen-bond acceptors (Lipinski definition) is 3. The van der Waals surface area contributed by atoms with Gasteiger partial charge in [-0.25, -0.2) is 4.79 Å². The van der Waals surface area contributed by atoms with Crippen LogP contribution in [0.3, 0.4) is 0 Å². The van der Waals surface area contributed by atoms with Crippen molar-refractivity contribution in [3.8, 4) is 5.75 Å². The summed E-state index contributed by atoms with van der Waals surface area (Å²) in [6, 6.07) is 5.09. The molecule has 0 aliphatic carbocycles. The van der Waals surface area contributed by atoms with Crippen molar-refractivity contribution >= 4 is 17.8 Å². The normalized spacial score (nSPS) is 14.6. The average Bonchev–Trinajstić information content (AvgIpc) is 2.03. The Balaban J connectivity index is 2.44. The molecular formula is C8H5ClO3. The molecule has 0 spiro atoms. The lowest BCUT2D eigenvalue weighted by Gasteiger charge is -2.15. The third-order valence-corrected chi connectivity index (χ3v) is 1.80. The van der Waals surface area contributed by atoms with Crippen molar-refractivity contribution in [3.63, 3.8) is 0 Å². The molecule has 1 aliphatic heterocycles. The maximum Gasteiger partial charge on any atom is 0.514 e. The molecule has 1 heterocycles. The first-order valence-electron chi connectivity index (χ1n) is 3.39. The Kier molecular flexibility index (Phi) is 1.66. The Morgan fingerprint density at radius 3 is 3.08 bits per heavy atom. The van der Waals surface area contributed by atoms with Gasteiger partial charge in [-0.05, 0) is 6.07 Å². The van der Waals surface area contributed by atoms with Crippen LogP contribution in [-0.4, -0.2) is 6.16 Å². The van der Waals surface area contributed by atoms with Crippen LogP contribution in [0, 0.1) is 0 Å². The van der Waals surface area contributed by atoms with E-state index < -0.39 is 6.16 Å². The minimum atomic E-state index is -0.676. The van der Waals surface area contributed by atoms with Crippen LogP contribution in [0.2, 0.25) is 5.02 Å². The van der Waals surface area contributed by atoms with Crippen molar-refractivity contribution in [2.45, 2.75) is 6.61 Å². The molecule has 0 saturated carbocycles. The predicted octanol–water partition coefficient (Wildman–Crippen LogP) is 2.37. The summed E-state index contributed by atoms with van der Waals surface area (Å²) in [7, 11) is 0. The molecule has 12 heavy (non-hydrogen) atoms. The van der Waals surface area contributed by atoms with Crippen molar-refractivity contribution in [3.05, 3.63) is 28.8 Å². The fourth-order valence-electron chi connectivity index (χ4n) is 0.999. The molecule has 0 aromatic heterocycles. The topological polar surface area (TPSA) is 35.5 Å². The standard InChI is InChI=1S/C8H5ClO3/c9-6-2-1-5-4-11-8(10)12-7(5)3-6/h1-3H,4H2. The molecule has 4 heteroatoms. The van der Waals surface area contributed by atoms with Crippen molar-refractivity contribution in [2.75, 3.05) is 0 Å². The molecule has 0 radical (unpaired) electrons. The van der Waals surface area contributed by atoms with E-state index in [4.69, 9.17) is 16.3 Å². The number of cyclic esters (lactones) is 1. The van der Waals surface area contributed by atoms with Gasteiger partial charge in [0.1, 0.15) is 12.4 Å². The van der Waals surface area contributed by atoms with Crippen molar-refractivity contribution in [2.24, 2.45) is 0 Å². The number of ether oxygens (including phenoxy) is 2. The third-order valence-electron chi connectivity index (χ3n) is 1.57. The molecule has 0 amide bonds. The smallest absolute Gasteiger partial charge is 0.429 e. The van der Waals surface area contributed by atoms with Crippen LogP contribution in [0.15, 0.2) is 18.2 Å². The fraction of sp³-hybridized carbons (Fsp3) is 0.125. The SMILES string of the molecule is O=C1OCc2ccc(Cl)cc2O1. The van der Waals surface area contributed by atoms with Gasteiger partial charge in [0.2, 0.25) is 0 Å². The van der Waals surface area contributed by atoms with E-state index in [1.165, 1.54) is 0 Å². The summed E-state index contributed by atoms with van der Waals surface area (Å²) < 4.78 is 9.41. The molecule has 0 saturated heterocycles. The minimum Gasteiger partial charge on any atom is -0.429 e. The van der Waals surface area contributed by atoms with Crippen LogP contribution in [0.1, 0.15) is 5.56 Å². The summed E-state index contributed by atoms with van der Waals surface area (Å²) >= 11 is 5.69. The molecule has 1 aromatic rings. The lowest BCUT2D eigenvalue weighted by molar-refractivity contribution is 0.0785. The van der Waals surface area contributed by atoms with Gasteiger partial charge in [0, 0.05) is 16.7 Å². The van der Waals surface area contributed by atoms with E-state index in [-0.39, 0.29) is 6.61 Å². The first-order valence-corrected chi connectivity index (χ1v) is 3.76. The third kappa shape index (κ3) is 1.23. The van der Waals surface area contributed by atoms with Crippen molar-refractivity contribution < 1.29 is 14.3 Å². The van der Waals surface area contributed by atoms with Gasteiger partial charge in [0.15, 0.2) is 0 Å². The molecular weight excluding hydrogens is 180 g/mol. The number of carbonyl (C=O) groups excluding carboxylic acids is 1. The summed E-state index contributed by atoms with van der Waals surface area (Å²) in [5, 5.41) is 0.545. The zero-order chi connectivity index (χ0) is 8.55. The predicted molar refractivity (Wildman–Crippen MR) is 42.3 cm³/mol. The molecule has 2 rings (SSSR count). The molecule has 0 N–H and O–H groups in total. The second kappa shape index (κ2) is 2.68. The van der Waals surface area contributed by atoms with E-state index in [2.05, 4.69) is 4.74 Å². The van der Waals surface area contributed by atoms with Crippen LogP contribution >= 0.6 is 11.6 Å². The summed E-state index contributed by atoms with van der Waals surface area (Å²) in [5.41, 5.74) is 0.832. The average molecular weight is 185 g/mol. The maximum atomic E-state index is 10.6. The van der Waals surface area contributed by atoms with E-state index in [1.54, 1.807) is 18.2 Å². The van der Waals surface area contributed by atoms with Gasteiger partial charge in [-0.1, -0.05) is 17.7 Å². The Morgan fingerprint density at radius 1 is 1.42 bits per heavy atom. The zero-order valence-electron chi connectivity index (χ0n) is 6.04. The second-order valence-corrected chi connectivity index (χ2v) is 2.83. The quantitative estimate of drug-likeness (QED) is 0.459. The number of rotatable bonds is 0. The highest BCUT2D eigenvalue weighted by Gasteiger charge is 2.17. The first-order chi connectivity index (χ1) is 5.75. The molecule has 0 atom stereocenters. The van der Waals surface area contributed by atoms with Gasteiger partial charge in [-0.2, -0.15) is 0 Å². The van der Waals surface area contributed by atoms with Crippen LogP contribution in [-0.2, 0) is 11.3 Å². The second-order valence-electron chi connectivity index (χ2n) is 2.39. The van der Waals surface area contributed by atoms with E-state index in [0.717, 1.165) is 5.56 Å². The Bertz CT molecular complexity index is 335. The number of carbonyl (C=O) groups is 1. The van der Waals surface area contributed by atoms with E-state index in [1.807, 2.05) is 0 Å². The summed E-state index contributed by atoms with van der Waals surface area (Å²) in [4.78, 5) is 10.6. The molecule has 3 nitrogen and oxygen atoms in total. The monoisotopic (exact) mass is 184 g/mol. The Morgan fingerprint density at radius 2 is 2.25 bits per heavy atom. The first kappa shape index (κ1) is 7.43. The van der Waals surface area contributed by atoms with E-state index in [0.29, 0.717) is 10.8 Å². The Labute approximate surface area is 73.8 Å². The number of benzene rings is 1. The molecule has 62 valence electrons. The highest BCUT2D eigenvalue weighted by Crippen LogP contribution is 2.27. The summed E-state index contributed by atoms with van der Waals surface area (Å²) in [6.07, 6.45) is -0.676. The maximum absolute atomic E-state index is 10.6. The Hall–Kier alpha value is -1.22. The molecule has 0 bridgehead atoms. The molecule has 0 fully saturated rings. The van der Waals surface area contributed by atoms with Crippen molar-refractivity contribution in [1.29, 1.82) is 0 Å². The van der Waals surface area contributed by atoms with Gasteiger partial charge >= 0.3 is 6.16 Å². The summed E-state index contributed by atoms with van der Waals surface area (Å²) in [5.74, 6) is 0.485. The highest BCUT2D eigenvalue weighted by atomic mass is 35.5. The summed E-state index contributed by atoms with van der Waals surface area (Å²) in [6.45, 7) is 0.255. The number of hydrogen-bond donors (Lipinski definition) is 0. The van der Waals surface area contributed by atoms with Gasteiger partial charge in [-0.15, -0.1) is 0 Å². The van der Waals surface area contributed by atoms with Gasteiger partial charge in [0.05, 0.1) is 0 Å². The van der Waals surface area contributed by atoms with Gasteiger partial charge in [-0.3, -0.25) is 0 Å². The van der Waals surface area contributed by atoms with Gasteiger partial charge < -0.3 is 9.47 Å². The molecule has 1 aliphatic rings. The van der Waals surface area contributed by atoms with Crippen LogP contribution in [0.5, 0.6) is 5.75 Å². The van der Waals surface area contributed by atoms with Gasteiger partial charge in [0.25, 0.3) is 0 Å². The van der Waals surface area contributed by atoms with E-state index in [9.17, 15) is 4.79 Å². The highest BCUT2D eigenvalue weighted by molar-refractivity contribution is 6.30. The zero-order valence-corrected chi connectivity index (χ0v) is 6.80. The lowest BCUT2D eigenvalue weighted by atomic mass is 10.2. The van der Waals surface area contributed by atoms with Crippen LogP contribution < -0.4 is 4.74 Å². The lowest BCUT2D eigenvalue weighted by Crippen LogP contribution is -2.16. The van der Waals surface area contributed by atoms with Crippen LogP contribution in [0.25, 0.3) is 0 Å². The minimum absolute atomic E-state index is 0.255. The molecule has 1 aromatic carbocycles. The van der Waals surface area contributed by atoms with E-state index >= 15 is 0 Å². The molecule has 0 unspecified atom stereocenters. The van der Waals surface area contributed by atoms with Crippen molar-refractivity contribution in [1.82, 2.24) is 0 Å². The number of halogens is 1.